The van der Waals surface area contributed by atoms with Crippen LogP contribution < -0.4 is 5.32 Å². The van der Waals surface area contributed by atoms with E-state index in [0.717, 1.165) is 32.1 Å². The number of hydrogen-bond acceptors (Lipinski definition) is 3. The van der Waals surface area contributed by atoms with E-state index in [1.165, 1.54) is 141 Å². The molecule has 0 aromatic rings. The summed E-state index contributed by atoms with van der Waals surface area (Å²) in [5.41, 5.74) is 0. The smallest absolute Gasteiger partial charge is 0.220 e. The van der Waals surface area contributed by atoms with Crippen molar-refractivity contribution >= 4 is 5.91 Å². The maximum atomic E-state index is 12.3. The average molecular weight is 580 g/mol. The zero-order chi connectivity index (χ0) is 30.1. The quantitative estimate of drug-likeness (QED) is 0.0535. The van der Waals surface area contributed by atoms with Crippen LogP contribution in [0, 0.1) is 0 Å². The van der Waals surface area contributed by atoms with Gasteiger partial charge in [-0.2, -0.15) is 0 Å². The zero-order valence-electron chi connectivity index (χ0n) is 27.8. The summed E-state index contributed by atoms with van der Waals surface area (Å²) in [7, 11) is 0. The van der Waals surface area contributed by atoms with Gasteiger partial charge in [-0.1, -0.05) is 167 Å². The molecule has 0 aromatic heterocycles. The van der Waals surface area contributed by atoms with E-state index < -0.39 is 12.1 Å². The average Bonchev–Trinajstić information content (AvgIpc) is 2.97. The largest absolute Gasteiger partial charge is 0.394 e. The maximum Gasteiger partial charge on any atom is 0.220 e. The van der Waals surface area contributed by atoms with Crippen LogP contribution >= 0.6 is 0 Å². The number of aliphatic hydroxyl groups is 2. The van der Waals surface area contributed by atoms with Crippen LogP contribution in [0.15, 0.2) is 12.2 Å². The Kier molecular flexibility index (Phi) is 32.9. The fourth-order valence-electron chi connectivity index (χ4n) is 5.65. The molecule has 0 aromatic carbocycles. The molecular formula is C37H73NO3. The molecule has 0 aliphatic carbocycles. The Bertz CT molecular complexity index is 550. The van der Waals surface area contributed by atoms with Crippen LogP contribution in [0.2, 0.25) is 0 Å². The summed E-state index contributed by atoms with van der Waals surface area (Å²) in [6.45, 7) is 4.34. The third kappa shape index (κ3) is 30.4. The van der Waals surface area contributed by atoms with Gasteiger partial charge in [-0.05, 0) is 38.5 Å². The van der Waals surface area contributed by atoms with Gasteiger partial charge in [-0.15, -0.1) is 0 Å². The van der Waals surface area contributed by atoms with E-state index in [-0.39, 0.29) is 12.5 Å². The molecule has 0 bridgehead atoms. The topological polar surface area (TPSA) is 69.6 Å². The van der Waals surface area contributed by atoms with E-state index >= 15 is 0 Å². The Labute approximate surface area is 256 Å². The van der Waals surface area contributed by atoms with Crippen molar-refractivity contribution in [1.82, 2.24) is 5.32 Å². The molecule has 0 unspecified atom stereocenters. The summed E-state index contributed by atoms with van der Waals surface area (Å²) in [5, 5.41) is 23.0. The summed E-state index contributed by atoms with van der Waals surface area (Å²) in [5.74, 6) is -0.0401. The third-order valence-corrected chi connectivity index (χ3v) is 8.53. The number of aliphatic hydroxyl groups excluding tert-OH is 2. The summed E-state index contributed by atoms with van der Waals surface area (Å²) < 4.78 is 0. The molecule has 0 aliphatic rings. The molecule has 41 heavy (non-hydrogen) atoms. The Morgan fingerprint density at radius 2 is 0.927 bits per heavy atom. The van der Waals surface area contributed by atoms with Gasteiger partial charge in [0.05, 0.1) is 18.8 Å². The predicted molar refractivity (Wildman–Crippen MR) is 179 cm³/mol. The van der Waals surface area contributed by atoms with Crippen LogP contribution in [0.25, 0.3) is 0 Å². The number of unbranched alkanes of at least 4 members (excludes halogenated alkanes) is 24. The van der Waals surface area contributed by atoms with Crippen LogP contribution in [0.5, 0.6) is 0 Å². The lowest BCUT2D eigenvalue weighted by Gasteiger charge is -2.22. The van der Waals surface area contributed by atoms with Gasteiger partial charge in [-0.25, -0.2) is 0 Å². The highest BCUT2D eigenvalue weighted by Gasteiger charge is 2.19. The Hall–Kier alpha value is -0.870. The molecule has 0 heterocycles. The van der Waals surface area contributed by atoms with Crippen molar-refractivity contribution in [3.05, 3.63) is 12.2 Å². The summed E-state index contributed by atoms with van der Waals surface area (Å²) in [6.07, 6.45) is 39.8. The first-order chi connectivity index (χ1) is 20.2. The minimum Gasteiger partial charge on any atom is -0.394 e. The fourth-order valence-corrected chi connectivity index (χ4v) is 5.65. The molecule has 1 amide bonds. The number of hydrogen-bond donors (Lipinski definition) is 3. The van der Waals surface area contributed by atoms with Crippen LogP contribution in [0.4, 0.5) is 0 Å². The van der Waals surface area contributed by atoms with Gasteiger partial charge in [0.2, 0.25) is 5.91 Å². The predicted octanol–water partition coefficient (Wildman–Crippen LogP) is 10.7. The van der Waals surface area contributed by atoms with E-state index in [1.807, 2.05) is 0 Å². The molecule has 0 rings (SSSR count). The van der Waals surface area contributed by atoms with Gasteiger partial charge < -0.3 is 15.5 Å². The molecule has 4 heteroatoms. The van der Waals surface area contributed by atoms with Gasteiger partial charge in [0.1, 0.15) is 0 Å². The van der Waals surface area contributed by atoms with Gasteiger partial charge >= 0.3 is 0 Å². The first-order valence-corrected chi connectivity index (χ1v) is 18.4. The van der Waals surface area contributed by atoms with E-state index in [4.69, 9.17) is 0 Å². The fraction of sp³-hybridized carbons (Fsp3) is 0.919. The Morgan fingerprint density at radius 3 is 1.34 bits per heavy atom. The first-order valence-electron chi connectivity index (χ1n) is 18.4. The van der Waals surface area contributed by atoms with Crippen molar-refractivity contribution in [2.24, 2.45) is 0 Å². The van der Waals surface area contributed by atoms with Crippen molar-refractivity contribution in [1.29, 1.82) is 0 Å². The van der Waals surface area contributed by atoms with E-state index in [9.17, 15) is 15.0 Å². The summed E-state index contributed by atoms with van der Waals surface area (Å²) in [6, 6.07) is -0.545. The lowest BCUT2D eigenvalue weighted by Crippen LogP contribution is -2.45. The van der Waals surface area contributed by atoms with Crippen molar-refractivity contribution in [2.45, 2.75) is 212 Å². The third-order valence-electron chi connectivity index (χ3n) is 8.53. The van der Waals surface area contributed by atoms with Crippen molar-refractivity contribution in [2.75, 3.05) is 6.61 Å². The van der Waals surface area contributed by atoms with Gasteiger partial charge in [0, 0.05) is 6.42 Å². The number of amides is 1. The van der Waals surface area contributed by atoms with Gasteiger partial charge in [0.25, 0.3) is 0 Å². The number of nitrogens with one attached hydrogen (secondary N) is 1. The van der Waals surface area contributed by atoms with E-state index in [2.05, 4.69) is 31.3 Å². The number of rotatable bonds is 33. The molecule has 4 nitrogen and oxygen atoms in total. The Morgan fingerprint density at radius 1 is 0.561 bits per heavy atom. The Balaban J connectivity index is 3.58. The highest BCUT2D eigenvalue weighted by Crippen LogP contribution is 2.14. The molecule has 0 saturated carbocycles. The molecule has 244 valence electrons. The first kappa shape index (κ1) is 40.1. The highest BCUT2D eigenvalue weighted by atomic mass is 16.3. The van der Waals surface area contributed by atoms with Gasteiger partial charge in [-0.3, -0.25) is 4.79 Å². The standard InChI is InChI=1S/C37H73NO3/c1-3-5-7-9-11-13-15-17-19-21-23-25-27-29-31-33-37(41)38-35(34-39)36(40)32-30-28-26-24-22-20-18-16-14-12-10-8-6-4-2/h22,24,35-36,39-40H,3-21,23,25-34H2,1-2H3,(H,38,41)/b24-22+/t35-,36+/m0/s1. The molecule has 0 spiro atoms. The molecule has 2 atom stereocenters. The summed E-state index contributed by atoms with van der Waals surface area (Å²) in [4.78, 5) is 12.3. The molecule has 0 aliphatic heterocycles. The highest BCUT2D eigenvalue weighted by molar-refractivity contribution is 5.76. The number of carbonyl (C=O) groups excluding carboxylic acids is 1. The van der Waals surface area contributed by atoms with Crippen LogP contribution in [-0.2, 0) is 4.79 Å². The minimum atomic E-state index is -0.675. The van der Waals surface area contributed by atoms with E-state index in [1.54, 1.807) is 0 Å². The van der Waals surface area contributed by atoms with Gasteiger partial charge in [0.15, 0.2) is 0 Å². The molecular weight excluding hydrogens is 506 g/mol. The SMILES string of the molecule is CCCCCCCCCC/C=C/CCCC[C@@H](O)[C@H](CO)NC(=O)CCCCCCCCCCCCCCCCC. The molecule has 0 saturated heterocycles. The molecule has 3 N–H and O–H groups in total. The minimum absolute atomic E-state index is 0.0401. The number of carbonyl (C=O) groups is 1. The van der Waals surface area contributed by atoms with Crippen molar-refractivity contribution in [3.63, 3.8) is 0 Å². The van der Waals surface area contributed by atoms with Crippen molar-refractivity contribution in [3.8, 4) is 0 Å². The van der Waals surface area contributed by atoms with Crippen LogP contribution in [0.3, 0.4) is 0 Å². The second kappa shape index (κ2) is 33.6. The monoisotopic (exact) mass is 580 g/mol. The lowest BCUT2D eigenvalue weighted by molar-refractivity contribution is -0.123. The maximum absolute atomic E-state index is 12.3. The van der Waals surface area contributed by atoms with Crippen LogP contribution in [-0.4, -0.2) is 34.9 Å². The zero-order valence-corrected chi connectivity index (χ0v) is 27.8. The normalized spacial score (nSPS) is 13.2. The lowest BCUT2D eigenvalue weighted by atomic mass is 10.0. The van der Waals surface area contributed by atoms with Crippen LogP contribution in [0.1, 0.15) is 200 Å². The molecule has 0 radical (unpaired) electrons. The molecule has 0 fully saturated rings. The summed E-state index contributed by atoms with van der Waals surface area (Å²) >= 11 is 0. The second-order valence-corrected chi connectivity index (χ2v) is 12.6. The van der Waals surface area contributed by atoms with E-state index in [0.29, 0.717) is 12.8 Å². The van der Waals surface area contributed by atoms with Crippen molar-refractivity contribution < 1.29 is 15.0 Å². The second-order valence-electron chi connectivity index (χ2n) is 12.6. The number of allylic oxidation sites excluding steroid dienone is 2.